The Balaban J connectivity index is 2.58. The third-order valence-electron chi connectivity index (χ3n) is 4.59. The van der Waals surface area contributed by atoms with E-state index in [1.807, 2.05) is 0 Å². The van der Waals surface area contributed by atoms with E-state index in [2.05, 4.69) is 30.7 Å². The predicted molar refractivity (Wildman–Crippen MR) is 79.9 cm³/mol. The van der Waals surface area contributed by atoms with Crippen LogP contribution in [-0.4, -0.2) is 55.1 Å². The first-order valence-corrected chi connectivity index (χ1v) is 7.82. The summed E-state index contributed by atoms with van der Waals surface area (Å²) in [7, 11) is 2.28. The highest BCUT2D eigenvalue weighted by Gasteiger charge is 2.34. The number of nitrogens with two attached hydrogens (primary N) is 1. The molecular formula is C15H33N3. The van der Waals surface area contributed by atoms with E-state index in [9.17, 15) is 0 Å². The number of hydrogen-bond donors (Lipinski definition) is 1. The molecular weight excluding hydrogens is 222 g/mol. The van der Waals surface area contributed by atoms with Crippen LogP contribution in [0.1, 0.15) is 52.4 Å². The smallest absolute Gasteiger partial charge is 0.0341 e. The van der Waals surface area contributed by atoms with Crippen LogP contribution in [0.4, 0.5) is 0 Å². The molecule has 0 aromatic heterocycles. The maximum absolute atomic E-state index is 6.14. The summed E-state index contributed by atoms with van der Waals surface area (Å²) in [6.07, 6.45) is 7.63. The Morgan fingerprint density at radius 3 is 2.56 bits per heavy atom. The Kier molecular flexibility index (Phi) is 7.20. The Labute approximate surface area is 114 Å². The summed E-state index contributed by atoms with van der Waals surface area (Å²) >= 11 is 0. The van der Waals surface area contributed by atoms with Crippen molar-refractivity contribution >= 4 is 0 Å². The lowest BCUT2D eigenvalue weighted by Gasteiger charge is -2.41. The average Bonchev–Trinajstić information content (AvgIpc) is 2.60. The van der Waals surface area contributed by atoms with Gasteiger partial charge in [0.05, 0.1) is 0 Å². The molecule has 0 aromatic rings. The highest BCUT2D eigenvalue weighted by Crippen LogP contribution is 2.27. The molecule has 0 aliphatic carbocycles. The van der Waals surface area contributed by atoms with Crippen LogP contribution >= 0.6 is 0 Å². The molecule has 1 unspecified atom stereocenters. The summed E-state index contributed by atoms with van der Waals surface area (Å²) in [4.78, 5) is 5.16. The second-order valence-electron chi connectivity index (χ2n) is 5.90. The van der Waals surface area contributed by atoms with Crippen molar-refractivity contribution in [2.75, 3.05) is 39.8 Å². The zero-order valence-corrected chi connectivity index (χ0v) is 12.7. The molecule has 0 saturated carbocycles. The number of rotatable bonds is 7. The third kappa shape index (κ3) is 4.22. The Morgan fingerprint density at radius 1 is 1.17 bits per heavy atom. The number of likely N-dealkylation sites (tertiary alicyclic amines) is 1. The molecule has 3 nitrogen and oxygen atoms in total. The van der Waals surface area contributed by atoms with Gasteiger partial charge in [-0.1, -0.05) is 20.3 Å². The maximum Gasteiger partial charge on any atom is 0.0341 e. The molecule has 1 fully saturated rings. The summed E-state index contributed by atoms with van der Waals surface area (Å²) in [5, 5.41) is 0. The van der Waals surface area contributed by atoms with Gasteiger partial charge in [0.25, 0.3) is 0 Å². The average molecular weight is 255 g/mol. The van der Waals surface area contributed by atoms with Crippen LogP contribution in [0.3, 0.4) is 0 Å². The van der Waals surface area contributed by atoms with Gasteiger partial charge in [0.15, 0.2) is 0 Å². The van der Waals surface area contributed by atoms with Crippen LogP contribution in [-0.2, 0) is 0 Å². The van der Waals surface area contributed by atoms with Gasteiger partial charge in [-0.15, -0.1) is 0 Å². The monoisotopic (exact) mass is 255 g/mol. The SMILES string of the molecule is CCCCN(C)C1(CN)CCCN(CCC)CC1. The number of unbranched alkanes of at least 4 members (excludes halogenated alkanes) is 1. The first-order valence-electron chi connectivity index (χ1n) is 7.82. The van der Waals surface area contributed by atoms with Crippen LogP contribution in [0.25, 0.3) is 0 Å². The van der Waals surface area contributed by atoms with Gasteiger partial charge >= 0.3 is 0 Å². The highest BCUT2D eigenvalue weighted by atomic mass is 15.2. The molecule has 1 rings (SSSR count). The van der Waals surface area contributed by atoms with E-state index < -0.39 is 0 Å². The van der Waals surface area contributed by atoms with E-state index in [1.54, 1.807) is 0 Å². The molecule has 108 valence electrons. The molecule has 0 spiro atoms. The number of hydrogen-bond acceptors (Lipinski definition) is 3. The van der Waals surface area contributed by atoms with Gasteiger partial charge in [0, 0.05) is 12.1 Å². The fraction of sp³-hybridized carbons (Fsp3) is 1.00. The molecule has 1 aliphatic rings. The molecule has 0 aromatic carbocycles. The molecule has 1 aliphatic heterocycles. The van der Waals surface area contributed by atoms with Crippen LogP contribution in [0, 0.1) is 0 Å². The maximum atomic E-state index is 6.14. The zero-order valence-electron chi connectivity index (χ0n) is 12.7. The van der Waals surface area contributed by atoms with Gasteiger partial charge in [-0.05, 0) is 65.3 Å². The molecule has 0 bridgehead atoms. The summed E-state index contributed by atoms with van der Waals surface area (Å²) in [6.45, 7) is 10.3. The summed E-state index contributed by atoms with van der Waals surface area (Å²) in [6, 6.07) is 0. The second-order valence-corrected chi connectivity index (χ2v) is 5.90. The standard InChI is InChI=1S/C15H33N3/c1-4-6-11-17(3)15(14-16)8-7-12-18(10-5-2)13-9-15/h4-14,16H2,1-3H3. The minimum Gasteiger partial charge on any atom is -0.329 e. The van der Waals surface area contributed by atoms with Crippen LogP contribution < -0.4 is 5.73 Å². The van der Waals surface area contributed by atoms with Gasteiger partial charge < -0.3 is 10.6 Å². The van der Waals surface area contributed by atoms with Gasteiger partial charge in [-0.3, -0.25) is 4.90 Å². The first kappa shape index (κ1) is 15.9. The van der Waals surface area contributed by atoms with Gasteiger partial charge in [-0.2, -0.15) is 0 Å². The Hall–Kier alpha value is -0.120. The summed E-state index contributed by atoms with van der Waals surface area (Å²) in [5.41, 5.74) is 6.40. The van der Waals surface area contributed by atoms with E-state index in [0.29, 0.717) is 0 Å². The molecule has 0 amide bonds. The molecule has 3 heteroatoms. The Morgan fingerprint density at radius 2 is 1.94 bits per heavy atom. The third-order valence-corrected chi connectivity index (χ3v) is 4.59. The normalized spacial score (nSPS) is 26.5. The quantitative estimate of drug-likeness (QED) is 0.758. The van der Waals surface area contributed by atoms with Crippen LogP contribution in [0.5, 0.6) is 0 Å². The number of likely N-dealkylation sites (N-methyl/N-ethyl adjacent to an activating group) is 1. The summed E-state index contributed by atoms with van der Waals surface area (Å²) < 4.78 is 0. The van der Waals surface area contributed by atoms with Crippen molar-refractivity contribution in [1.82, 2.24) is 9.80 Å². The minimum atomic E-state index is 0.262. The lowest BCUT2D eigenvalue weighted by Crippen LogP contribution is -2.52. The fourth-order valence-corrected chi connectivity index (χ4v) is 3.15. The number of nitrogens with zero attached hydrogens (tertiary/aromatic N) is 2. The molecule has 18 heavy (non-hydrogen) atoms. The van der Waals surface area contributed by atoms with Crippen molar-refractivity contribution in [1.29, 1.82) is 0 Å². The van der Waals surface area contributed by atoms with E-state index >= 15 is 0 Å². The van der Waals surface area contributed by atoms with Crippen LogP contribution in [0.15, 0.2) is 0 Å². The highest BCUT2D eigenvalue weighted by molar-refractivity contribution is 4.93. The molecule has 0 radical (unpaired) electrons. The zero-order chi connectivity index (χ0) is 13.4. The van der Waals surface area contributed by atoms with Crippen LogP contribution in [0.2, 0.25) is 0 Å². The van der Waals surface area contributed by atoms with Crippen molar-refractivity contribution in [3.63, 3.8) is 0 Å². The topological polar surface area (TPSA) is 32.5 Å². The van der Waals surface area contributed by atoms with Crippen molar-refractivity contribution in [3.05, 3.63) is 0 Å². The Bertz CT molecular complexity index is 220. The molecule has 1 atom stereocenters. The minimum absolute atomic E-state index is 0.262. The predicted octanol–water partition coefficient (Wildman–Crippen LogP) is 2.31. The van der Waals surface area contributed by atoms with Gasteiger partial charge in [-0.25, -0.2) is 0 Å². The van der Waals surface area contributed by atoms with Crippen molar-refractivity contribution in [2.45, 2.75) is 57.9 Å². The van der Waals surface area contributed by atoms with Gasteiger partial charge in [0.2, 0.25) is 0 Å². The van der Waals surface area contributed by atoms with E-state index in [-0.39, 0.29) is 5.54 Å². The first-order chi connectivity index (χ1) is 8.68. The lowest BCUT2D eigenvalue weighted by molar-refractivity contribution is 0.105. The van der Waals surface area contributed by atoms with Gasteiger partial charge in [0.1, 0.15) is 0 Å². The molecule has 2 N–H and O–H groups in total. The fourth-order valence-electron chi connectivity index (χ4n) is 3.15. The molecule has 1 heterocycles. The van der Waals surface area contributed by atoms with E-state index in [1.165, 1.54) is 64.7 Å². The van der Waals surface area contributed by atoms with Crippen molar-refractivity contribution < 1.29 is 0 Å². The summed E-state index contributed by atoms with van der Waals surface area (Å²) in [5.74, 6) is 0. The second kappa shape index (κ2) is 8.13. The lowest BCUT2D eigenvalue weighted by atomic mass is 9.88. The molecule has 1 saturated heterocycles. The van der Waals surface area contributed by atoms with E-state index in [0.717, 1.165) is 6.54 Å². The van der Waals surface area contributed by atoms with Crippen molar-refractivity contribution in [3.8, 4) is 0 Å². The largest absolute Gasteiger partial charge is 0.329 e. The van der Waals surface area contributed by atoms with Crippen molar-refractivity contribution in [2.24, 2.45) is 5.73 Å². The van der Waals surface area contributed by atoms with E-state index in [4.69, 9.17) is 5.73 Å².